The van der Waals surface area contributed by atoms with Crippen LogP contribution >= 0.6 is 0 Å². The lowest BCUT2D eigenvalue weighted by atomic mass is 10.2. The molecule has 9 heavy (non-hydrogen) atoms. The van der Waals surface area contributed by atoms with Gasteiger partial charge in [-0.15, -0.1) is 0 Å². The number of hydrogen-bond donors (Lipinski definition) is 2. The molecule has 2 fully saturated rings. The molecular formula is C6H12N2O. The van der Waals surface area contributed by atoms with E-state index in [4.69, 9.17) is 4.84 Å². The largest absolute Gasteiger partial charge is 0.274 e. The monoisotopic (exact) mass is 128 g/mol. The van der Waals surface area contributed by atoms with E-state index in [-0.39, 0.29) is 5.85 Å². The van der Waals surface area contributed by atoms with Gasteiger partial charge in [-0.1, -0.05) is 6.42 Å². The third-order valence-corrected chi connectivity index (χ3v) is 1.96. The number of hydroxylamine groups is 1. The first-order chi connectivity index (χ1) is 4.41. The van der Waals surface area contributed by atoms with Crippen LogP contribution < -0.4 is 10.8 Å². The zero-order valence-electron chi connectivity index (χ0n) is 5.44. The Balaban J connectivity index is 1.92. The van der Waals surface area contributed by atoms with E-state index < -0.39 is 0 Å². The normalized spacial score (nSPS) is 42.7. The molecule has 52 valence electrons. The van der Waals surface area contributed by atoms with Crippen LogP contribution in [0.15, 0.2) is 0 Å². The average molecular weight is 128 g/mol. The zero-order chi connectivity index (χ0) is 6.16. The fourth-order valence-electron chi connectivity index (χ4n) is 1.29. The van der Waals surface area contributed by atoms with Gasteiger partial charge in [0.15, 0.2) is 0 Å². The van der Waals surface area contributed by atoms with Crippen LogP contribution in [-0.2, 0) is 4.84 Å². The zero-order valence-corrected chi connectivity index (χ0v) is 5.44. The molecule has 3 nitrogen and oxygen atoms in total. The molecular weight excluding hydrogens is 116 g/mol. The van der Waals surface area contributed by atoms with Gasteiger partial charge in [-0.2, -0.15) is 5.48 Å². The average Bonchev–Trinajstić information content (AvgIpc) is 2.64. The highest BCUT2D eigenvalue weighted by Gasteiger charge is 2.44. The number of rotatable bonds is 0. The van der Waals surface area contributed by atoms with Crippen LogP contribution in [0, 0.1) is 0 Å². The molecule has 0 aromatic carbocycles. The molecule has 0 aliphatic carbocycles. The van der Waals surface area contributed by atoms with Crippen molar-refractivity contribution in [3.05, 3.63) is 0 Å². The molecule has 2 saturated heterocycles. The lowest BCUT2D eigenvalue weighted by Gasteiger charge is -2.04. The molecule has 2 N–H and O–H groups in total. The molecule has 1 unspecified atom stereocenters. The molecule has 2 aliphatic heterocycles. The van der Waals surface area contributed by atoms with Crippen LogP contribution in [0.3, 0.4) is 0 Å². The highest BCUT2D eigenvalue weighted by Crippen LogP contribution is 2.25. The molecule has 0 bridgehead atoms. The summed E-state index contributed by atoms with van der Waals surface area (Å²) in [4.78, 5) is 5.06. The third kappa shape index (κ3) is 1.08. The van der Waals surface area contributed by atoms with E-state index in [0.717, 1.165) is 13.0 Å². The maximum atomic E-state index is 5.06. The van der Waals surface area contributed by atoms with Gasteiger partial charge in [0.2, 0.25) is 5.85 Å². The van der Waals surface area contributed by atoms with Gasteiger partial charge in [-0.05, 0) is 19.4 Å². The molecule has 1 spiro atoms. The fraction of sp³-hybridized carbons (Fsp3) is 1.00. The molecule has 0 aromatic heterocycles. The van der Waals surface area contributed by atoms with Gasteiger partial charge in [0.05, 0.1) is 0 Å². The van der Waals surface area contributed by atoms with E-state index in [1.807, 2.05) is 0 Å². The Morgan fingerprint density at radius 3 is 2.89 bits per heavy atom. The maximum Gasteiger partial charge on any atom is 0.215 e. The smallest absolute Gasteiger partial charge is 0.215 e. The summed E-state index contributed by atoms with van der Waals surface area (Å²) >= 11 is 0. The SMILES string of the molecule is C1CCNC2(CC1)NO2. The Bertz CT molecular complexity index is 102. The summed E-state index contributed by atoms with van der Waals surface area (Å²) in [5, 5.41) is 3.30. The van der Waals surface area contributed by atoms with Crippen molar-refractivity contribution >= 4 is 0 Å². The van der Waals surface area contributed by atoms with Crippen molar-refractivity contribution in [3.63, 3.8) is 0 Å². The van der Waals surface area contributed by atoms with Crippen LogP contribution in [0.2, 0.25) is 0 Å². The number of nitrogens with one attached hydrogen (secondary N) is 2. The van der Waals surface area contributed by atoms with Crippen molar-refractivity contribution in [1.29, 1.82) is 0 Å². The molecule has 3 heteroatoms. The van der Waals surface area contributed by atoms with E-state index in [2.05, 4.69) is 10.8 Å². The van der Waals surface area contributed by atoms with Crippen LogP contribution in [0.1, 0.15) is 25.7 Å². The van der Waals surface area contributed by atoms with Crippen LogP contribution in [0.25, 0.3) is 0 Å². The summed E-state index contributed by atoms with van der Waals surface area (Å²) in [7, 11) is 0. The highest BCUT2D eigenvalue weighted by atomic mass is 16.8. The van der Waals surface area contributed by atoms with Crippen molar-refractivity contribution in [3.8, 4) is 0 Å². The van der Waals surface area contributed by atoms with Crippen molar-refractivity contribution in [1.82, 2.24) is 10.8 Å². The predicted octanol–water partition coefficient (Wildman–Crippen LogP) is 0.339. The summed E-state index contributed by atoms with van der Waals surface area (Å²) in [5.41, 5.74) is 2.88. The summed E-state index contributed by atoms with van der Waals surface area (Å²) < 4.78 is 0. The molecule has 2 heterocycles. The van der Waals surface area contributed by atoms with Gasteiger partial charge >= 0.3 is 0 Å². The highest BCUT2D eigenvalue weighted by molar-refractivity contribution is 4.82. The van der Waals surface area contributed by atoms with E-state index in [0.29, 0.717) is 0 Å². The van der Waals surface area contributed by atoms with E-state index in [1.54, 1.807) is 0 Å². The van der Waals surface area contributed by atoms with Crippen LogP contribution in [0.5, 0.6) is 0 Å². The summed E-state index contributed by atoms with van der Waals surface area (Å²) in [6.45, 7) is 1.09. The Labute approximate surface area is 54.7 Å². The molecule has 1 atom stereocenters. The second-order valence-corrected chi connectivity index (χ2v) is 2.77. The predicted molar refractivity (Wildman–Crippen MR) is 33.4 cm³/mol. The van der Waals surface area contributed by atoms with Crippen LogP contribution in [0.4, 0.5) is 0 Å². The van der Waals surface area contributed by atoms with Gasteiger partial charge in [0, 0.05) is 6.42 Å². The van der Waals surface area contributed by atoms with E-state index in [1.165, 1.54) is 19.3 Å². The number of hydrogen-bond acceptors (Lipinski definition) is 3. The Hall–Kier alpha value is -0.120. The Morgan fingerprint density at radius 1 is 1.22 bits per heavy atom. The molecule has 0 saturated carbocycles. The van der Waals surface area contributed by atoms with Gasteiger partial charge in [0.1, 0.15) is 0 Å². The van der Waals surface area contributed by atoms with E-state index >= 15 is 0 Å². The first-order valence-electron chi connectivity index (χ1n) is 3.62. The minimum Gasteiger partial charge on any atom is -0.274 e. The van der Waals surface area contributed by atoms with Crippen molar-refractivity contribution in [2.75, 3.05) is 6.54 Å². The lowest BCUT2D eigenvalue weighted by Crippen LogP contribution is -2.34. The Morgan fingerprint density at radius 2 is 2.11 bits per heavy atom. The van der Waals surface area contributed by atoms with Crippen LogP contribution in [-0.4, -0.2) is 12.4 Å². The van der Waals surface area contributed by atoms with Crippen molar-refractivity contribution in [2.45, 2.75) is 31.5 Å². The standard InChI is InChI=1S/C6H12N2O/c1-2-4-6(8-9-6)7-5-3-1/h7-8H,1-5H2. The van der Waals surface area contributed by atoms with Crippen molar-refractivity contribution in [2.24, 2.45) is 0 Å². The van der Waals surface area contributed by atoms with Crippen molar-refractivity contribution < 1.29 is 4.84 Å². The minimum atomic E-state index is -0.0868. The quantitative estimate of drug-likeness (QED) is 0.462. The summed E-state index contributed by atoms with van der Waals surface area (Å²) in [6.07, 6.45) is 5.01. The molecule has 2 aliphatic rings. The minimum absolute atomic E-state index is 0.0868. The summed E-state index contributed by atoms with van der Waals surface area (Å²) in [5.74, 6) is -0.0868. The van der Waals surface area contributed by atoms with E-state index in [9.17, 15) is 0 Å². The second-order valence-electron chi connectivity index (χ2n) is 2.77. The van der Waals surface area contributed by atoms with Gasteiger partial charge < -0.3 is 0 Å². The third-order valence-electron chi connectivity index (χ3n) is 1.96. The maximum absolute atomic E-state index is 5.06. The second kappa shape index (κ2) is 1.94. The Kier molecular flexibility index (Phi) is 1.22. The molecule has 0 radical (unpaired) electrons. The van der Waals surface area contributed by atoms with Gasteiger partial charge in [-0.3, -0.25) is 10.2 Å². The first kappa shape index (κ1) is 5.65. The summed E-state index contributed by atoms with van der Waals surface area (Å²) in [6, 6.07) is 0. The lowest BCUT2D eigenvalue weighted by molar-refractivity contribution is 0.245. The van der Waals surface area contributed by atoms with Gasteiger partial charge in [0.25, 0.3) is 0 Å². The molecule has 0 amide bonds. The molecule has 0 aromatic rings. The first-order valence-corrected chi connectivity index (χ1v) is 3.62. The topological polar surface area (TPSA) is 46.5 Å². The fourth-order valence-corrected chi connectivity index (χ4v) is 1.29. The van der Waals surface area contributed by atoms with Gasteiger partial charge in [-0.25, -0.2) is 0 Å². The molecule has 2 rings (SSSR count).